The predicted molar refractivity (Wildman–Crippen MR) is 155 cm³/mol. The van der Waals surface area contributed by atoms with Gasteiger partial charge in [-0.25, -0.2) is 13.1 Å². The normalized spacial score (nSPS) is 15.1. The Morgan fingerprint density at radius 3 is 2.31 bits per heavy atom. The van der Waals surface area contributed by atoms with Crippen molar-refractivity contribution < 1.29 is 13.2 Å². The summed E-state index contributed by atoms with van der Waals surface area (Å²) in [5.74, 6) is 1.71. The molecule has 0 aliphatic carbocycles. The van der Waals surface area contributed by atoms with E-state index in [1.807, 2.05) is 6.92 Å². The van der Waals surface area contributed by atoms with Crippen molar-refractivity contribution in [3.8, 4) is 5.75 Å². The molecule has 1 atom stereocenters. The fourth-order valence-corrected chi connectivity index (χ4v) is 6.12. The summed E-state index contributed by atoms with van der Waals surface area (Å²) in [4.78, 5) is 2.34. The van der Waals surface area contributed by atoms with Crippen molar-refractivity contribution in [3.05, 3.63) is 95.6 Å². The van der Waals surface area contributed by atoms with E-state index in [1.165, 1.54) is 5.56 Å². The average Bonchev–Trinajstić information content (AvgIpc) is 2.93. The second-order valence-corrected chi connectivity index (χ2v) is 11.8. The standard InChI is InChI=1S/C30H37N5O3S/c1-22(31)35-16-14-25(15-17-35)18-23-10-12-24(13-11-23)19-27(34-39(36,37)29-8-3-2-4-9-29)21-38-28-7-5-6-26(20-28)30(32)33/h2-13,20,25,27,31,34H,14-19,21H2,1H3,(H3,32,33)/t27-/m0/s1. The zero-order valence-corrected chi connectivity index (χ0v) is 23.1. The first-order valence-electron chi connectivity index (χ1n) is 13.2. The highest BCUT2D eigenvalue weighted by molar-refractivity contribution is 7.89. The summed E-state index contributed by atoms with van der Waals surface area (Å²) in [5.41, 5.74) is 8.42. The average molecular weight is 548 g/mol. The molecule has 0 bridgehead atoms. The predicted octanol–water partition coefficient (Wildman–Crippen LogP) is 4.19. The van der Waals surface area contributed by atoms with Gasteiger partial charge in [0.1, 0.15) is 18.2 Å². The second-order valence-electron chi connectivity index (χ2n) is 10.1. The topological polar surface area (TPSA) is 132 Å². The van der Waals surface area contributed by atoms with Crippen molar-refractivity contribution >= 4 is 21.7 Å². The van der Waals surface area contributed by atoms with Crippen LogP contribution in [0.25, 0.3) is 0 Å². The molecule has 1 aliphatic heterocycles. The Kier molecular flexibility index (Phi) is 9.37. The van der Waals surface area contributed by atoms with Gasteiger partial charge in [0.25, 0.3) is 0 Å². The molecule has 39 heavy (non-hydrogen) atoms. The number of nitrogen functional groups attached to an aromatic ring is 1. The van der Waals surface area contributed by atoms with Gasteiger partial charge in [0.15, 0.2) is 0 Å². The number of sulfonamides is 1. The molecule has 0 radical (unpaired) electrons. The Bertz CT molecular complexity index is 1370. The molecule has 8 nitrogen and oxygen atoms in total. The largest absolute Gasteiger partial charge is 0.492 e. The van der Waals surface area contributed by atoms with E-state index in [2.05, 4.69) is 33.9 Å². The highest BCUT2D eigenvalue weighted by Crippen LogP contribution is 2.23. The molecule has 0 unspecified atom stereocenters. The number of benzene rings is 3. The number of nitrogens with two attached hydrogens (primary N) is 1. The highest BCUT2D eigenvalue weighted by Gasteiger charge is 2.22. The van der Waals surface area contributed by atoms with E-state index < -0.39 is 16.1 Å². The first-order valence-corrected chi connectivity index (χ1v) is 14.7. The molecule has 0 saturated carbocycles. The van der Waals surface area contributed by atoms with Crippen LogP contribution in [0.4, 0.5) is 0 Å². The Balaban J connectivity index is 1.43. The van der Waals surface area contributed by atoms with Crippen LogP contribution < -0.4 is 15.2 Å². The Labute approximate surface area is 231 Å². The molecule has 3 aromatic rings. The quantitative estimate of drug-likeness (QED) is 0.211. The number of rotatable bonds is 11. The third-order valence-corrected chi connectivity index (χ3v) is 8.63. The maximum absolute atomic E-state index is 13.1. The van der Waals surface area contributed by atoms with Gasteiger partial charge in [0.2, 0.25) is 10.0 Å². The van der Waals surface area contributed by atoms with E-state index >= 15 is 0 Å². The lowest BCUT2D eigenvalue weighted by molar-refractivity contribution is 0.263. The van der Waals surface area contributed by atoms with Gasteiger partial charge >= 0.3 is 0 Å². The molecular formula is C30H37N5O3S. The van der Waals surface area contributed by atoms with Crippen LogP contribution in [0.3, 0.4) is 0 Å². The maximum Gasteiger partial charge on any atom is 0.240 e. The number of likely N-dealkylation sites (tertiary alicyclic amines) is 1. The molecule has 1 aliphatic rings. The number of nitrogens with one attached hydrogen (secondary N) is 3. The van der Waals surface area contributed by atoms with E-state index in [-0.39, 0.29) is 17.3 Å². The minimum Gasteiger partial charge on any atom is -0.492 e. The van der Waals surface area contributed by atoms with E-state index in [0.29, 0.717) is 29.5 Å². The molecule has 0 spiro atoms. The summed E-state index contributed by atoms with van der Waals surface area (Å²) in [6.45, 7) is 3.84. The molecular weight excluding hydrogens is 510 g/mol. The third kappa shape index (κ3) is 8.15. The van der Waals surface area contributed by atoms with E-state index in [9.17, 15) is 8.42 Å². The highest BCUT2D eigenvalue weighted by atomic mass is 32.2. The van der Waals surface area contributed by atoms with Crippen molar-refractivity contribution in [2.75, 3.05) is 19.7 Å². The van der Waals surface area contributed by atoms with E-state index in [4.69, 9.17) is 21.3 Å². The van der Waals surface area contributed by atoms with Gasteiger partial charge in [-0.1, -0.05) is 54.6 Å². The SMILES string of the molecule is CC(=N)N1CCC(Cc2ccc(C[C@@H](COc3cccc(C(=N)N)c3)NS(=O)(=O)c3ccccc3)cc2)CC1. The van der Waals surface area contributed by atoms with Crippen LogP contribution >= 0.6 is 0 Å². The maximum atomic E-state index is 13.1. The molecule has 1 fully saturated rings. The van der Waals surface area contributed by atoms with E-state index in [1.54, 1.807) is 54.6 Å². The van der Waals surface area contributed by atoms with Crippen molar-refractivity contribution in [2.24, 2.45) is 11.7 Å². The van der Waals surface area contributed by atoms with Gasteiger partial charge in [-0.15, -0.1) is 0 Å². The Hall–Kier alpha value is -3.69. The van der Waals surface area contributed by atoms with Crippen LogP contribution in [0.15, 0.2) is 83.8 Å². The van der Waals surface area contributed by atoms with Crippen LogP contribution in [0.5, 0.6) is 5.75 Å². The number of hydrogen-bond acceptors (Lipinski definition) is 5. The molecule has 1 saturated heterocycles. The number of hydrogen-bond donors (Lipinski definition) is 4. The van der Waals surface area contributed by atoms with Gasteiger partial charge in [-0.2, -0.15) is 0 Å². The summed E-state index contributed by atoms with van der Waals surface area (Å²) in [6, 6.07) is 23.1. The van der Waals surface area contributed by atoms with Gasteiger partial charge in [0.05, 0.1) is 16.8 Å². The summed E-state index contributed by atoms with van der Waals surface area (Å²) in [7, 11) is -3.75. The molecule has 0 amide bonds. The monoisotopic (exact) mass is 547 g/mol. The zero-order chi connectivity index (χ0) is 27.8. The van der Waals surface area contributed by atoms with Gasteiger partial charge in [0, 0.05) is 18.7 Å². The van der Waals surface area contributed by atoms with Gasteiger partial charge in [-0.3, -0.25) is 10.8 Å². The number of ether oxygens (including phenoxy) is 1. The Morgan fingerprint density at radius 1 is 1.00 bits per heavy atom. The first kappa shape index (κ1) is 28.3. The summed E-state index contributed by atoms with van der Waals surface area (Å²) >= 11 is 0. The second kappa shape index (κ2) is 12.9. The molecule has 0 aromatic heterocycles. The third-order valence-electron chi connectivity index (χ3n) is 7.09. The van der Waals surface area contributed by atoms with E-state index in [0.717, 1.165) is 37.9 Å². The lowest BCUT2D eigenvalue weighted by atomic mass is 9.89. The molecule has 3 aromatic carbocycles. The van der Waals surface area contributed by atoms with Crippen molar-refractivity contribution in [1.29, 1.82) is 10.8 Å². The van der Waals surface area contributed by atoms with Crippen LogP contribution in [0, 0.1) is 16.7 Å². The summed E-state index contributed by atoms with van der Waals surface area (Å²) in [5, 5.41) is 15.5. The molecule has 1 heterocycles. The van der Waals surface area contributed by atoms with Crippen molar-refractivity contribution in [1.82, 2.24) is 9.62 Å². The summed E-state index contributed by atoms with van der Waals surface area (Å²) < 4.78 is 35.0. The zero-order valence-electron chi connectivity index (χ0n) is 22.3. The molecule has 4 rings (SSSR count). The number of piperidine rings is 1. The van der Waals surface area contributed by atoms with Gasteiger partial charge < -0.3 is 15.4 Å². The Morgan fingerprint density at radius 2 is 1.67 bits per heavy atom. The number of nitrogens with zero attached hydrogens (tertiary/aromatic N) is 1. The molecule has 5 N–H and O–H groups in total. The lowest BCUT2D eigenvalue weighted by Gasteiger charge is -2.32. The van der Waals surface area contributed by atoms with Crippen LogP contribution in [-0.4, -0.2) is 50.7 Å². The van der Waals surface area contributed by atoms with Crippen molar-refractivity contribution in [2.45, 2.75) is 43.5 Å². The lowest BCUT2D eigenvalue weighted by Crippen LogP contribution is -2.40. The van der Waals surface area contributed by atoms with Crippen LogP contribution in [-0.2, 0) is 22.9 Å². The fourth-order valence-electron chi connectivity index (χ4n) is 4.87. The molecule has 206 valence electrons. The molecule has 9 heteroatoms. The van der Waals surface area contributed by atoms with Crippen molar-refractivity contribution in [3.63, 3.8) is 0 Å². The fraction of sp³-hybridized carbons (Fsp3) is 0.333. The number of amidine groups is 2. The van der Waals surface area contributed by atoms with Crippen LogP contribution in [0.2, 0.25) is 0 Å². The minimum atomic E-state index is -3.75. The summed E-state index contributed by atoms with van der Waals surface area (Å²) in [6.07, 6.45) is 3.63. The first-order chi connectivity index (χ1) is 18.7. The van der Waals surface area contributed by atoms with Gasteiger partial charge in [-0.05, 0) is 73.9 Å². The minimum absolute atomic E-state index is 0.0581. The van der Waals surface area contributed by atoms with Crippen LogP contribution in [0.1, 0.15) is 36.5 Å². The smallest absolute Gasteiger partial charge is 0.240 e.